The van der Waals surface area contributed by atoms with Crippen molar-refractivity contribution in [2.45, 2.75) is 0 Å². The van der Waals surface area contributed by atoms with Crippen molar-refractivity contribution in [1.82, 2.24) is 9.13 Å². The van der Waals surface area contributed by atoms with E-state index in [2.05, 4.69) is 297 Å². The fourth-order valence-corrected chi connectivity index (χ4v) is 14.3. The highest BCUT2D eigenvalue weighted by Gasteiger charge is 2.48. The van der Waals surface area contributed by atoms with Crippen molar-refractivity contribution in [3.8, 4) is 22.9 Å². The van der Waals surface area contributed by atoms with Gasteiger partial charge >= 0.3 is 0 Å². The van der Waals surface area contributed by atoms with Crippen LogP contribution in [0.2, 0.25) is 0 Å². The number of nitrogens with zero attached hydrogens (tertiary/aromatic N) is 5. The summed E-state index contributed by atoms with van der Waals surface area (Å²) in [7, 11) is 0. The molecule has 0 N–H and O–H groups in total. The minimum atomic E-state index is -0.138. The lowest BCUT2D eigenvalue weighted by Crippen LogP contribution is -2.64. The Morgan fingerprint density at radius 1 is 0.237 bits per heavy atom. The Bertz CT molecular complexity index is 4810. The summed E-state index contributed by atoms with van der Waals surface area (Å²) in [6, 6.07) is 101. The largest absolute Gasteiger partial charge is 0.458 e. The highest BCUT2D eigenvalue weighted by Crippen LogP contribution is 2.49. The van der Waals surface area contributed by atoms with Crippen LogP contribution < -0.4 is 52.2 Å². The van der Waals surface area contributed by atoms with Crippen molar-refractivity contribution in [3.63, 3.8) is 0 Å². The van der Waals surface area contributed by atoms with Crippen molar-refractivity contribution < 1.29 is 4.74 Å². The van der Waals surface area contributed by atoms with Gasteiger partial charge in [-0.15, -0.1) is 0 Å². The lowest BCUT2D eigenvalue weighted by atomic mass is 9.30. The molecule has 0 fully saturated rings. The third-order valence-electron chi connectivity index (χ3n) is 17.5. The first kappa shape index (κ1) is 43.6. The minimum absolute atomic E-state index is 0.123. The number of para-hydroxylation sites is 9. The molecule has 0 aliphatic carbocycles. The van der Waals surface area contributed by atoms with E-state index in [1.54, 1.807) is 0 Å². The van der Waals surface area contributed by atoms with E-state index in [9.17, 15) is 0 Å². The van der Waals surface area contributed by atoms with Gasteiger partial charge in [0.1, 0.15) is 11.5 Å². The van der Waals surface area contributed by atoms with Crippen LogP contribution in [0.1, 0.15) is 0 Å². The summed E-state index contributed by atoms with van der Waals surface area (Å²) in [6.07, 6.45) is 0. The summed E-state index contributed by atoms with van der Waals surface area (Å²) in [4.78, 5) is 7.48. The van der Waals surface area contributed by atoms with Gasteiger partial charge in [-0.1, -0.05) is 170 Å². The summed E-state index contributed by atoms with van der Waals surface area (Å²) in [5.74, 6) is 1.71. The van der Waals surface area contributed by atoms with Gasteiger partial charge in [0.25, 0.3) is 13.4 Å². The van der Waals surface area contributed by atoms with Crippen molar-refractivity contribution in [2.24, 2.45) is 0 Å². The zero-order valence-corrected chi connectivity index (χ0v) is 43.3. The second-order valence-electron chi connectivity index (χ2n) is 21.6. The SMILES string of the molecule is c1ccc(N2c3ccccc3B3c4cc5c(cc4Oc4cc(-n6c7ccccc7c7ccccc76)cc2c43)N(c2ccccc2)c2cc(-n3c4ccccc4c4ccccc43)cc3c2B5c2ccccc2N3c2ccccc2)cc1. The second-order valence-corrected chi connectivity index (χ2v) is 21.6. The van der Waals surface area contributed by atoms with E-state index in [1.807, 2.05) is 0 Å². The first-order chi connectivity index (χ1) is 39.7. The molecule has 6 heterocycles. The quantitative estimate of drug-likeness (QED) is 0.161. The van der Waals surface area contributed by atoms with Gasteiger partial charge in [-0.25, -0.2) is 0 Å². The highest BCUT2D eigenvalue weighted by molar-refractivity contribution is 7.02. The first-order valence-corrected chi connectivity index (χ1v) is 27.7. The Kier molecular flexibility index (Phi) is 9.03. The van der Waals surface area contributed by atoms with E-state index in [0.29, 0.717) is 0 Å². The molecular weight excluding hydrogens is 972 g/mol. The maximum atomic E-state index is 7.68. The van der Waals surface area contributed by atoms with Crippen LogP contribution in [0, 0.1) is 0 Å². The average Bonchev–Trinajstić information content (AvgIpc) is 4.03. The number of aromatic nitrogens is 2. The summed E-state index contributed by atoms with van der Waals surface area (Å²) >= 11 is 0. The molecule has 0 radical (unpaired) electrons. The first-order valence-electron chi connectivity index (χ1n) is 27.7. The lowest BCUT2D eigenvalue weighted by Gasteiger charge is -2.45. The van der Waals surface area contributed by atoms with Gasteiger partial charge in [-0.3, -0.25) is 0 Å². The smallest absolute Gasteiger partial charge is 0.256 e. The molecule has 4 aliphatic rings. The van der Waals surface area contributed by atoms with Crippen molar-refractivity contribution >= 4 is 141 Å². The Morgan fingerprint density at radius 3 is 1.06 bits per heavy atom. The molecule has 0 bridgehead atoms. The molecule has 370 valence electrons. The second kappa shape index (κ2) is 16.5. The third kappa shape index (κ3) is 5.99. The van der Waals surface area contributed by atoms with Gasteiger partial charge in [0.05, 0.1) is 33.4 Å². The van der Waals surface area contributed by atoms with Gasteiger partial charge < -0.3 is 28.6 Å². The van der Waals surface area contributed by atoms with E-state index >= 15 is 0 Å². The van der Waals surface area contributed by atoms with Gasteiger partial charge in [-0.05, 0) is 124 Å². The van der Waals surface area contributed by atoms with Crippen molar-refractivity contribution in [1.29, 1.82) is 0 Å². The number of rotatable bonds is 5. The van der Waals surface area contributed by atoms with Crippen molar-refractivity contribution in [2.75, 3.05) is 14.7 Å². The van der Waals surface area contributed by atoms with Gasteiger partial charge in [0.2, 0.25) is 0 Å². The molecule has 0 saturated carbocycles. The third-order valence-corrected chi connectivity index (χ3v) is 17.5. The molecule has 8 heteroatoms. The highest BCUT2D eigenvalue weighted by atomic mass is 16.5. The Balaban J connectivity index is 0.937. The summed E-state index contributed by atoms with van der Waals surface area (Å²) in [5.41, 5.74) is 24.2. The lowest BCUT2D eigenvalue weighted by molar-refractivity contribution is 0.487. The molecule has 0 spiro atoms. The maximum Gasteiger partial charge on any atom is 0.256 e. The summed E-state index contributed by atoms with van der Waals surface area (Å²) in [5, 5.41) is 4.90. The Hall–Kier alpha value is -10.4. The predicted molar refractivity (Wildman–Crippen MR) is 335 cm³/mol. The molecule has 2 aromatic heterocycles. The standard InChI is InChI=1S/C72H45B2N5O/c1-4-22-46(23-5-1)75-63-38-20-14-32-55(63)73-57-44-58-69(45-65(57)77(48-26-8-3-9-27-48)67-41-49(40-66(75)71(67)73)78-59-34-16-10-28-51(59)52-29-11-17-35-60(52)78)80-70-43-50(79-61-36-18-12-30-53(61)54-31-13-19-37-62(54)79)42-68-72(70)74(58)56-33-15-21-39-64(56)76(68)47-24-6-2-7-25-47/h1-45H. The normalized spacial score (nSPS) is 13.5. The average molecular weight is 1020 g/mol. The van der Waals surface area contributed by atoms with Crippen LogP contribution in [0.25, 0.3) is 55.0 Å². The molecule has 4 aliphatic heterocycles. The molecular formula is C72H45B2N5O. The van der Waals surface area contributed by atoms with E-state index in [-0.39, 0.29) is 13.4 Å². The summed E-state index contributed by atoms with van der Waals surface area (Å²) in [6.45, 7) is -0.261. The zero-order valence-electron chi connectivity index (χ0n) is 43.3. The minimum Gasteiger partial charge on any atom is -0.458 e. The van der Waals surface area contributed by atoms with Crippen LogP contribution in [0.5, 0.6) is 11.5 Å². The van der Waals surface area contributed by atoms with E-state index < -0.39 is 0 Å². The van der Waals surface area contributed by atoms with Gasteiger partial charge in [-0.2, -0.15) is 0 Å². The molecule has 0 atom stereocenters. The number of benzene rings is 12. The molecule has 0 saturated heterocycles. The van der Waals surface area contributed by atoms with Crippen LogP contribution in [-0.4, -0.2) is 22.6 Å². The number of fused-ring (bicyclic) bond motifs is 14. The fraction of sp³-hybridized carbons (Fsp3) is 0. The molecule has 12 aromatic carbocycles. The van der Waals surface area contributed by atoms with Crippen LogP contribution in [0.15, 0.2) is 273 Å². The Morgan fingerprint density at radius 2 is 0.600 bits per heavy atom. The molecule has 0 unspecified atom stereocenters. The summed E-state index contributed by atoms with van der Waals surface area (Å²) < 4.78 is 12.6. The maximum absolute atomic E-state index is 7.68. The molecule has 18 rings (SSSR count). The number of anilines is 9. The van der Waals surface area contributed by atoms with Crippen LogP contribution >= 0.6 is 0 Å². The van der Waals surface area contributed by atoms with E-state index in [0.717, 1.165) is 90.3 Å². The van der Waals surface area contributed by atoms with E-state index in [1.165, 1.54) is 60.1 Å². The molecule has 14 aromatic rings. The predicted octanol–water partition coefficient (Wildman–Crippen LogP) is 14.4. The van der Waals surface area contributed by atoms with Gasteiger partial charge in [0, 0.05) is 84.9 Å². The van der Waals surface area contributed by atoms with Gasteiger partial charge in [0.15, 0.2) is 0 Å². The molecule has 0 amide bonds. The molecule has 80 heavy (non-hydrogen) atoms. The number of ether oxygens (including phenoxy) is 1. The Labute approximate surface area is 463 Å². The van der Waals surface area contributed by atoms with Crippen LogP contribution in [0.3, 0.4) is 0 Å². The topological polar surface area (TPSA) is 28.8 Å². The van der Waals surface area contributed by atoms with Crippen LogP contribution in [0.4, 0.5) is 51.2 Å². The van der Waals surface area contributed by atoms with Crippen LogP contribution in [-0.2, 0) is 0 Å². The van der Waals surface area contributed by atoms with Crippen molar-refractivity contribution in [3.05, 3.63) is 273 Å². The monoisotopic (exact) mass is 1020 g/mol. The zero-order chi connectivity index (χ0) is 52.2. The fourth-order valence-electron chi connectivity index (χ4n) is 14.3. The molecule has 6 nitrogen and oxygen atoms in total. The number of hydrogen-bond donors (Lipinski definition) is 0. The number of hydrogen-bond acceptors (Lipinski definition) is 4. The van der Waals surface area contributed by atoms with E-state index in [4.69, 9.17) is 4.74 Å².